The van der Waals surface area contributed by atoms with Gasteiger partial charge in [0.1, 0.15) is 0 Å². The minimum atomic E-state index is -3.86. The first kappa shape index (κ1) is 26.1. The summed E-state index contributed by atoms with van der Waals surface area (Å²) in [6.45, 7) is 5.27. The standard InChI is InChI=1S/C25H31BrN6O4S/c1-2-23(33)32-10-6-18-15-20(26)22(16-21(18)32)37(35,36)31-9-3-5-19(17-31)24(34)29-11-13-30(14-12-29)25-27-7-4-8-28-25/h4,7-8,15-16,19H,2-3,5-6,9-14,17H2,1H3/t19-/m1/s1. The SMILES string of the molecule is CCC(=O)N1CCc2cc(Br)c(S(=O)(=O)N3CCC[C@@H](C(=O)N4CCN(c5ncccn5)CC4)C3)cc21. The zero-order valence-corrected chi connectivity index (χ0v) is 23.2. The maximum Gasteiger partial charge on any atom is 0.244 e. The van der Waals surface area contributed by atoms with Gasteiger partial charge < -0.3 is 14.7 Å². The Morgan fingerprint density at radius 1 is 1.05 bits per heavy atom. The second-order valence-corrected chi connectivity index (χ2v) is 12.4. The van der Waals surface area contributed by atoms with Gasteiger partial charge in [0.05, 0.1) is 10.8 Å². The van der Waals surface area contributed by atoms with Gasteiger partial charge in [-0.1, -0.05) is 6.92 Å². The topological polar surface area (TPSA) is 107 Å². The molecule has 10 nitrogen and oxygen atoms in total. The number of fused-ring (bicyclic) bond motifs is 1. The minimum Gasteiger partial charge on any atom is -0.339 e. The Bertz CT molecular complexity index is 1280. The molecule has 0 saturated carbocycles. The summed E-state index contributed by atoms with van der Waals surface area (Å²) >= 11 is 3.46. The summed E-state index contributed by atoms with van der Waals surface area (Å²) in [5.74, 6) is 0.256. The summed E-state index contributed by atoms with van der Waals surface area (Å²) in [6, 6.07) is 5.20. The third kappa shape index (κ3) is 5.10. The van der Waals surface area contributed by atoms with E-state index in [0.29, 0.717) is 81.1 Å². The van der Waals surface area contributed by atoms with Crippen molar-refractivity contribution in [2.45, 2.75) is 37.5 Å². The molecule has 198 valence electrons. The monoisotopic (exact) mass is 590 g/mol. The second kappa shape index (κ2) is 10.7. The lowest BCUT2D eigenvalue weighted by Crippen LogP contribution is -2.53. The van der Waals surface area contributed by atoms with E-state index < -0.39 is 10.0 Å². The summed E-state index contributed by atoms with van der Waals surface area (Å²) in [5.41, 5.74) is 1.62. The molecule has 37 heavy (non-hydrogen) atoms. The first-order valence-corrected chi connectivity index (χ1v) is 15.0. The number of halogens is 1. The van der Waals surface area contributed by atoms with E-state index in [0.717, 1.165) is 5.56 Å². The largest absolute Gasteiger partial charge is 0.339 e. The second-order valence-electron chi connectivity index (χ2n) is 9.62. The van der Waals surface area contributed by atoms with Crippen LogP contribution >= 0.6 is 15.9 Å². The predicted molar refractivity (Wildman–Crippen MR) is 143 cm³/mol. The van der Waals surface area contributed by atoms with Gasteiger partial charge in [0.2, 0.25) is 27.8 Å². The van der Waals surface area contributed by atoms with Crippen molar-refractivity contribution in [3.63, 3.8) is 0 Å². The van der Waals surface area contributed by atoms with Gasteiger partial charge in [0.15, 0.2) is 0 Å². The number of benzene rings is 1. The molecule has 2 aromatic rings. The lowest BCUT2D eigenvalue weighted by molar-refractivity contribution is -0.137. The van der Waals surface area contributed by atoms with Crippen LogP contribution in [0.4, 0.5) is 11.6 Å². The number of piperidine rings is 1. The first-order chi connectivity index (χ1) is 17.8. The normalized spacial score (nSPS) is 20.7. The molecule has 3 aliphatic rings. The van der Waals surface area contributed by atoms with Crippen LogP contribution in [0.2, 0.25) is 0 Å². The molecule has 4 heterocycles. The van der Waals surface area contributed by atoms with Gasteiger partial charge in [-0.3, -0.25) is 9.59 Å². The average Bonchev–Trinajstić information content (AvgIpc) is 3.35. The van der Waals surface area contributed by atoms with Crippen LogP contribution < -0.4 is 9.80 Å². The van der Waals surface area contributed by atoms with Crippen LogP contribution in [0.15, 0.2) is 40.0 Å². The van der Waals surface area contributed by atoms with Gasteiger partial charge in [0.25, 0.3) is 0 Å². The Morgan fingerprint density at radius 2 is 1.78 bits per heavy atom. The van der Waals surface area contributed by atoms with Crippen molar-refractivity contribution in [3.05, 3.63) is 40.6 Å². The third-order valence-electron chi connectivity index (χ3n) is 7.41. The summed E-state index contributed by atoms with van der Waals surface area (Å²) in [5, 5.41) is 0. The van der Waals surface area contributed by atoms with Gasteiger partial charge in [-0.25, -0.2) is 18.4 Å². The first-order valence-electron chi connectivity index (χ1n) is 12.7. The molecule has 1 atom stereocenters. The van der Waals surface area contributed by atoms with Crippen molar-refractivity contribution < 1.29 is 18.0 Å². The molecular weight excluding hydrogens is 560 g/mol. The third-order valence-corrected chi connectivity index (χ3v) is 10.2. The molecule has 5 rings (SSSR count). The molecule has 1 aromatic carbocycles. The lowest BCUT2D eigenvalue weighted by Gasteiger charge is -2.38. The van der Waals surface area contributed by atoms with E-state index in [2.05, 4.69) is 30.8 Å². The number of aromatic nitrogens is 2. The average molecular weight is 592 g/mol. The fraction of sp³-hybridized carbons (Fsp3) is 0.520. The Hall–Kier alpha value is -2.57. The maximum atomic E-state index is 13.7. The molecule has 0 bridgehead atoms. The number of hydrogen-bond donors (Lipinski definition) is 0. The van der Waals surface area contributed by atoms with Gasteiger partial charge in [0, 0.05) is 74.8 Å². The smallest absolute Gasteiger partial charge is 0.244 e. The Kier molecular flexibility index (Phi) is 7.51. The van der Waals surface area contributed by atoms with Gasteiger partial charge in [-0.05, 0) is 59.0 Å². The molecule has 0 radical (unpaired) electrons. The molecule has 2 fully saturated rings. The van der Waals surface area contributed by atoms with E-state index in [1.165, 1.54) is 4.31 Å². The number of piperazine rings is 1. The highest BCUT2D eigenvalue weighted by atomic mass is 79.9. The van der Waals surface area contributed by atoms with Crippen LogP contribution in [0.1, 0.15) is 31.7 Å². The number of carbonyl (C=O) groups is 2. The number of nitrogens with zero attached hydrogens (tertiary/aromatic N) is 6. The van der Waals surface area contributed by atoms with Crippen molar-refractivity contribution in [2.75, 3.05) is 55.6 Å². The fourth-order valence-corrected chi connectivity index (χ4v) is 7.97. The molecule has 0 aliphatic carbocycles. The molecule has 2 amide bonds. The quantitative estimate of drug-likeness (QED) is 0.525. The molecular formula is C25H31BrN6O4S. The van der Waals surface area contributed by atoms with Crippen LogP contribution in [-0.4, -0.2) is 85.2 Å². The number of anilines is 2. The molecule has 3 aliphatic heterocycles. The molecule has 12 heteroatoms. The van der Waals surface area contributed by atoms with Crippen molar-refractivity contribution >= 4 is 49.4 Å². The summed E-state index contributed by atoms with van der Waals surface area (Å²) in [4.78, 5) is 40.1. The zero-order chi connectivity index (χ0) is 26.2. The van der Waals surface area contributed by atoms with Crippen molar-refractivity contribution in [2.24, 2.45) is 5.92 Å². The summed E-state index contributed by atoms with van der Waals surface area (Å²) in [7, 11) is -3.86. The van der Waals surface area contributed by atoms with E-state index in [4.69, 9.17) is 0 Å². The number of amides is 2. The van der Waals surface area contributed by atoms with Crippen LogP contribution in [-0.2, 0) is 26.0 Å². The number of hydrogen-bond acceptors (Lipinski definition) is 7. The number of sulfonamides is 1. The number of carbonyl (C=O) groups excluding carboxylic acids is 2. The summed E-state index contributed by atoms with van der Waals surface area (Å²) < 4.78 is 29.4. The Balaban J connectivity index is 1.29. The maximum absolute atomic E-state index is 13.7. The molecule has 2 saturated heterocycles. The Labute approximate surface area is 225 Å². The zero-order valence-electron chi connectivity index (χ0n) is 20.8. The Morgan fingerprint density at radius 3 is 2.49 bits per heavy atom. The molecule has 0 spiro atoms. The number of rotatable bonds is 5. The fourth-order valence-electron chi connectivity index (χ4n) is 5.38. The van der Waals surface area contributed by atoms with Gasteiger partial charge in [-0.2, -0.15) is 4.31 Å². The molecule has 0 unspecified atom stereocenters. The van der Waals surface area contributed by atoms with Crippen LogP contribution in [0.25, 0.3) is 0 Å². The van der Waals surface area contributed by atoms with Crippen molar-refractivity contribution in [1.29, 1.82) is 0 Å². The molecule has 1 aromatic heterocycles. The van der Waals surface area contributed by atoms with Crippen molar-refractivity contribution in [1.82, 2.24) is 19.2 Å². The minimum absolute atomic E-state index is 0.00117. The molecule has 0 N–H and O–H groups in total. The van der Waals surface area contributed by atoms with E-state index in [9.17, 15) is 18.0 Å². The van der Waals surface area contributed by atoms with Crippen LogP contribution in [0.3, 0.4) is 0 Å². The lowest BCUT2D eigenvalue weighted by atomic mass is 9.98. The highest BCUT2D eigenvalue weighted by Crippen LogP contribution is 2.37. The van der Waals surface area contributed by atoms with Crippen LogP contribution in [0, 0.1) is 5.92 Å². The van der Waals surface area contributed by atoms with Gasteiger partial charge >= 0.3 is 0 Å². The highest BCUT2D eigenvalue weighted by molar-refractivity contribution is 9.10. The van der Waals surface area contributed by atoms with E-state index in [1.807, 2.05) is 11.0 Å². The van der Waals surface area contributed by atoms with Crippen molar-refractivity contribution in [3.8, 4) is 0 Å². The van der Waals surface area contributed by atoms with Gasteiger partial charge in [-0.15, -0.1) is 0 Å². The summed E-state index contributed by atoms with van der Waals surface area (Å²) in [6.07, 6.45) is 5.75. The highest BCUT2D eigenvalue weighted by Gasteiger charge is 2.38. The predicted octanol–water partition coefficient (Wildman–Crippen LogP) is 2.29. The van der Waals surface area contributed by atoms with Crippen LogP contribution in [0.5, 0.6) is 0 Å². The van der Waals surface area contributed by atoms with E-state index in [1.54, 1.807) is 36.4 Å². The van der Waals surface area contributed by atoms with E-state index >= 15 is 0 Å². The van der Waals surface area contributed by atoms with E-state index in [-0.39, 0.29) is 29.2 Å².